The number of hydrogen-bond donors (Lipinski definition) is 1. The monoisotopic (exact) mass is 278 g/mol. The van der Waals surface area contributed by atoms with Gasteiger partial charge in [0.25, 0.3) is 0 Å². The summed E-state index contributed by atoms with van der Waals surface area (Å²) in [7, 11) is 3.38. The molecule has 0 bridgehead atoms. The normalized spacial score (nSPS) is 10.6. The van der Waals surface area contributed by atoms with Gasteiger partial charge in [-0.1, -0.05) is 12.1 Å². The van der Waals surface area contributed by atoms with Gasteiger partial charge in [-0.05, 0) is 12.1 Å². The molecule has 5 heteroatoms. The highest BCUT2D eigenvalue weighted by Gasteiger charge is 2.09. The van der Waals surface area contributed by atoms with Crippen molar-refractivity contribution in [1.29, 1.82) is 0 Å². The zero-order valence-corrected chi connectivity index (χ0v) is 12.0. The number of aromatic nitrogens is 1. The summed E-state index contributed by atoms with van der Waals surface area (Å²) in [5, 5.41) is 6.34. The van der Waals surface area contributed by atoms with Crippen LogP contribution in [-0.2, 0) is 11.3 Å². The molecule has 0 amide bonds. The molecule has 0 aliphatic rings. The van der Waals surface area contributed by atoms with Crippen LogP contribution in [0.1, 0.15) is 5.69 Å². The van der Waals surface area contributed by atoms with Crippen LogP contribution < -0.4 is 10.1 Å². The summed E-state index contributed by atoms with van der Waals surface area (Å²) in [5.74, 6) is 0.857. The van der Waals surface area contributed by atoms with E-state index in [0.29, 0.717) is 6.61 Å². The zero-order valence-electron chi connectivity index (χ0n) is 11.2. The third-order valence-corrected chi connectivity index (χ3v) is 3.60. The number of para-hydroxylation sites is 1. The van der Waals surface area contributed by atoms with E-state index in [1.54, 1.807) is 25.6 Å². The lowest BCUT2D eigenvalue weighted by molar-refractivity contribution is 0.199. The van der Waals surface area contributed by atoms with Crippen LogP contribution in [0.5, 0.6) is 5.75 Å². The molecule has 19 heavy (non-hydrogen) atoms. The Morgan fingerprint density at radius 2 is 2.11 bits per heavy atom. The van der Waals surface area contributed by atoms with E-state index < -0.39 is 0 Å². The van der Waals surface area contributed by atoms with Gasteiger partial charge in [0, 0.05) is 25.6 Å². The molecule has 0 aliphatic carbocycles. The van der Waals surface area contributed by atoms with Crippen molar-refractivity contribution < 1.29 is 9.47 Å². The van der Waals surface area contributed by atoms with Gasteiger partial charge in [-0.3, -0.25) is 0 Å². The number of benzene rings is 1. The first-order chi connectivity index (χ1) is 9.35. The summed E-state index contributed by atoms with van der Waals surface area (Å²) in [6.07, 6.45) is 0. The molecule has 2 rings (SSSR count). The largest absolute Gasteiger partial charge is 0.496 e. The van der Waals surface area contributed by atoms with Gasteiger partial charge < -0.3 is 14.8 Å². The Morgan fingerprint density at radius 1 is 1.26 bits per heavy atom. The first kappa shape index (κ1) is 14.0. The van der Waals surface area contributed by atoms with Crippen molar-refractivity contribution in [3.8, 4) is 16.3 Å². The predicted octanol–water partition coefficient (Wildman–Crippen LogP) is 2.55. The molecule has 1 heterocycles. The number of nitrogens with one attached hydrogen (secondary N) is 1. The number of hydrogen-bond acceptors (Lipinski definition) is 5. The summed E-state index contributed by atoms with van der Waals surface area (Å²) >= 11 is 1.63. The minimum atomic E-state index is 0.712. The Hall–Kier alpha value is -1.43. The fourth-order valence-corrected chi connectivity index (χ4v) is 2.57. The minimum Gasteiger partial charge on any atom is -0.496 e. The lowest BCUT2D eigenvalue weighted by Crippen LogP contribution is -2.18. The Bertz CT molecular complexity index is 514. The maximum Gasteiger partial charge on any atom is 0.129 e. The molecular weight excluding hydrogens is 260 g/mol. The maximum atomic E-state index is 5.36. The molecule has 0 saturated heterocycles. The fraction of sp³-hybridized carbons (Fsp3) is 0.357. The van der Waals surface area contributed by atoms with Gasteiger partial charge in [-0.25, -0.2) is 4.98 Å². The van der Waals surface area contributed by atoms with E-state index >= 15 is 0 Å². The molecule has 4 nitrogen and oxygen atoms in total. The smallest absolute Gasteiger partial charge is 0.129 e. The predicted molar refractivity (Wildman–Crippen MR) is 77.7 cm³/mol. The Labute approximate surface area is 117 Å². The van der Waals surface area contributed by atoms with Crippen LogP contribution in [-0.4, -0.2) is 32.4 Å². The van der Waals surface area contributed by atoms with Crippen LogP contribution in [0.25, 0.3) is 10.6 Å². The van der Waals surface area contributed by atoms with Crippen molar-refractivity contribution in [2.45, 2.75) is 6.54 Å². The number of thiazole rings is 1. The molecule has 1 aromatic heterocycles. The standard InChI is InChI=1S/C14H18N2O2S/c1-17-8-7-15-9-11-10-19-14(16-11)12-5-3-4-6-13(12)18-2/h3-6,10,15H,7-9H2,1-2H3. The number of rotatable bonds is 7. The first-order valence-corrected chi connectivity index (χ1v) is 7.00. The van der Waals surface area contributed by atoms with Crippen LogP contribution in [0.15, 0.2) is 29.6 Å². The Kier molecular flexibility index (Phi) is 5.32. The summed E-state index contributed by atoms with van der Waals surface area (Å²) in [4.78, 5) is 4.62. The van der Waals surface area contributed by atoms with E-state index in [2.05, 4.69) is 15.7 Å². The number of ether oxygens (including phenoxy) is 2. The maximum absolute atomic E-state index is 5.36. The zero-order chi connectivity index (χ0) is 13.5. The van der Waals surface area contributed by atoms with Gasteiger partial charge >= 0.3 is 0 Å². The second kappa shape index (κ2) is 7.23. The van der Waals surface area contributed by atoms with Crippen LogP contribution in [0, 0.1) is 0 Å². The van der Waals surface area contributed by atoms with E-state index in [9.17, 15) is 0 Å². The van der Waals surface area contributed by atoms with E-state index in [4.69, 9.17) is 9.47 Å². The molecule has 0 radical (unpaired) electrons. The number of nitrogens with zero attached hydrogens (tertiary/aromatic N) is 1. The van der Waals surface area contributed by atoms with Gasteiger partial charge in [0.15, 0.2) is 0 Å². The van der Waals surface area contributed by atoms with Crippen molar-refractivity contribution in [2.24, 2.45) is 0 Å². The average molecular weight is 278 g/mol. The van der Waals surface area contributed by atoms with Crippen molar-refractivity contribution in [3.63, 3.8) is 0 Å². The quantitative estimate of drug-likeness (QED) is 0.791. The number of methoxy groups -OCH3 is 2. The Morgan fingerprint density at radius 3 is 2.89 bits per heavy atom. The molecule has 0 aliphatic heterocycles. The van der Waals surface area contributed by atoms with E-state index in [0.717, 1.165) is 35.1 Å². The van der Waals surface area contributed by atoms with Crippen LogP contribution in [0.3, 0.4) is 0 Å². The van der Waals surface area contributed by atoms with Gasteiger partial charge in [-0.15, -0.1) is 11.3 Å². The highest BCUT2D eigenvalue weighted by Crippen LogP contribution is 2.31. The van der Waals surface area contributed by atoms with E-state index in [1.165, 1.54) is 0 Å². The molecule has 0 atom stereocenters. The van der Waals surface area contributed by atoms with Crippen molar-refractivity contribution in [2.75, 3.05) is 27.4 Å². The van der Waals surface area contributed by atoms with Crippen LogP contribution in [0.4, 0.5) is 0 Å². The van der Waals surface area contributed by atoms with E-state index in [-0.39, 0.29) is 0 Å². The molecule has 2 aromatic rings. The first-order valence-electron chi connectivity index (χ1n) is 6.12. The average Bonchev–Trinajstić information content (AvgIpc) is 2.92. The minimum absolute atomic E-state index is 0.712. The fourth-order valence-electron chi connectivity index (χ4n) is 1.72. The van der Waals surface area contributed by atoms with Crippen molar-refractivity contribution in [1.82, 2.24) is 10.3 Å². The molecule has 0 saturated carbocycles. The third-order valence-electron chi connectivity index (χ3n) is 2.68. The summed E-state index contributed by atoms with van der Waals surface area (Å²) in [5.41, 5.74) is 2.08. The second-order valence-electron chi connectivity index (χ2n) is 4.01. The molecule has 102 valence electrons. The van der Waals surface area contributed by atoms with Gasteiger partial charge in [0.05, 0.1) is 25.0 Å². The van der Waals surface area contributed by atoms with Gasteiger partial charge in [0.2, 0.25) is 0 Å². The molecular formula is C14H18N2O2S. The van der Waals surface area contributed by atoms with Crippen LogP contribution in [0.2, 0.25) is 0 Å². The summed E-state index contributed by atoms with van der Waals surface area (Å²) in [6.45, 7) is 2.30. The van der Waals surface area contributed by atoms with Crippen molar-refractivity contribution in [3.05, 3.63) is 35.3 Å². The SMILES string of the molecule is COCCNCc1csc(-c2ccccc2OC)n1. The second-order valence-corrected chi connectivity index (χ2v) is 4.87. The summed E-state index contributed by atoms with van der Waals surface area (Å²) < 4.78 is 10.3. The van der Waals surface area contributed by atoms with Gasteiger partial charge in [0.1, 0.15) is 10.8 Å². The topological polar surface area (TPSA) is 43.4 Å². The van der Waals surface area contributed by atoms with Crippen LogP contribution >= 0.6 is 11.3 Å². The molecule has 0 unspecified atom stereocenters. The van der Waals surface area contributed by atoms with Gasteiger partial charge in [-0.2, -0.15) is 0 Å². The molecule has 0 fully saturated rings. The van der Waals surface area contributed by atoms with E-state index in [1.807, 2.05) is 24.3 Å². The molecule has 0 spiro atoms. The third kappa shape index (κ3) is 3.76. The van der Waals surface area contributed by atoms with Crippen molar-refractivity contribution >= 4 is 11.3 Å². The molecule has 1 aromatic carbocycles. The summed E-state index contributed by atoms with van der Waals surface area (Å²) in [6, 6.07) is 7.94. The molecule has 1 N–H and O–H groups in total. The lowest BCUT2D eigenvalue weighted by atomic mass is 10.2. The Balaban J connectivity index is 2.04. The lowest BCUT2D eigenvalue weighted by Gasteiger charge is -2.04. The highest BCUT2D eigenvalue weighted by molar-refractivity contribution is 7.13. The highest BCUT2D eigenvalue weighted by atomic mass is 32.1.